The van der Waals surface area contributed by atoms with E-state index in [4.69, 9.17) is 0 Å². The van der Waals surface area contributed by atoms with Crippen LogP contribution in [0.25, 0.3) is 5.69 Å². The number of aryl methyl sites for hydroxylation is 1. The van der Waals surface area contributed by atoms with Crippen molar-refractivity contribution in [2.24, 2.45) is 5.10 Å². The summed E-state index contributed by atoms with van der Waals surface area (Å²) in [5.41, 5.74) is 2.01. The lowest BCUT2D eigenvalue weighted by atomic mass is 10.2. The van der Waals surface area contributed by atoms with Gasteiger partial charge in [0, 0.05) is 11.7 Å². The first-order valence-corrected chi connectivity index (χ1v) is 10.9. The van der Waals surface area contributed by atoms with Gasteiger partial charge in [0.15, 0.2) is 0 Å². The second-order valence-electron chi connectivity index (χ2n) is 7.73. The van der Waals surface area contributed by atoms with Crippen molar-refractivity contribution >= 4 is 28.9 Å². The van der Waals surface area contributed by atoms with Gasteiger partial charge in [-0.15, -0.1) is 11.3 Å². The summed E-state index contributed by atoms with van der Waals surface area (Å²) < 4.78 is 39.5. The van der Waals surface area contributed by atoms with E-state index in [0.29, 0.717) is 10.6 Å². The lowest BCUT2D eigenvalue weighted by Crippen LogP contribution is -2.29. The summed E-state index contributed by atoms with van der Waals surface area (Å²) in [6.07, 6.45) is -4.48. The standard InChI is InChI=1S/C22H22F3N5O3S/c1-11(2)26-19(31)16-9-10-17(34-16)20(32)28-27-12(3)18-13(4)29-30(21(18)33)15-7-5-14(6-8-15)22(23,24)25/h5-11,29H,1-4H3,(H,26,31)(H,28,32). The molecule has 34 heavy (non-hydrogen) atoms. The molecule has 180 valence electrons. The van der Waals surface area contributed by atoms with Crippen LogP contribution in [-0.4, -0.2) is 33.3 Å². The first kappa shape index (κ1) is 25.0. The Morgan fingerprint density at radius 2 is 1.65 bits per heavy atom. The molecular weight excluding hydrogens is 471 g/mol. The number of alkyl halides is 3. The molecule has 0 spiro atoms. The Kier molecular flexibility index (Phi) is 7.10. The molecule has 12 heteroatoms. The number of carbonyl (C=O) groups excluding carboxylic acids is 2. The molecule has 0 radical (unpaired) electrons. The molecule has 2 heterocycles. The van der Waals surface area contributed by atoms with Crippen LogP contribution < -0.4 is 16.3 Å². The van der Waals surface area contributed by atoms with E-state index in [1.165, 1.54) is 31.2 Å². The summed E-state index contributed by atoms with van der Waals surface area (Å²) >= 11 is 1.00. The van der Waals surface area contributed by atoms with Crippen molar-refractivity contribution in [3.05, 3.63) is 73.3 Å². The lowest BCUT2D eigenvalue weighted by molar-refractivity contribution is -0.137. The van der Waals surface area contributed by atoms with Gasteiger partial charge in [-0.25, -0.2) is 10.1 Å². The fourth-order valence-corrected chi connectivity index (χ4v) is 3.91. The van der Waals surface area contributed by atoms with Crippen LogP contribution in [0.15, 0.2) is 46.3 Å². The number of rotatable bonds is 6. The first-order valence-electron chi connectivity index (χ1n) is 10.1. The number of carbonyl (C=O) groups is 2. The number of hydrazone groups is 1. The normalized spacial score (nSPS) is 12.2. The van der Waals surface area contributed by atoms with Crippen LogP contribution >= 0.6 is 11.3 Å². The molecule has 0 fully saturated rings. The highest BCUT2D eigenvalue weighted by Gasteiger charge is 2.30. The number of hydrogen-bond donors (Lipinski definition) is 3. The molecule has 1 aromatic carbocycles. The van der Waals surface area contributed by atoms with Crippen LogP contribution in [0.4, 0.5) is 13.2 Å². The molecule has 0 aliphatic rings. The zero-order valence-electron chi connectivity index (χ0n) is 18.7. The lowest BCUT2D eigenvalue weighted by Gasteiger charge is -2.07. The molecular formula is C22H22F3N5O3S. The van der Waals surface area contributed by atoms with Gasteiger partial charge in [-0.05, 0) is 64.1 Å². The van der Waals surface area contributed by atoms with Crippen LogP contribution in [-0.2, 0) is 6.18 Å². The van der Waals surface area contributed by atoms with Gasteiger partial charge in [-0.3, -0.25) is 19.5 Å². The number of aromatic amines is 1. The minimum Gasteiger partial charge on any atom is -0.349 e. The van der Waals surface area contributed by atoms with Gasteiger partial charge in [0.2, 0.25) is 0 Å². The summed E-state index contributed by atoms with van der Waals surface area (Å²) in [6, 6.07) is 7.12. The van der Waals surface area contributed by atoms with Crippen LogP contribution in [0.5, 0.6) is 0 Å². The highest BCUT2D eigenvalue weighted by molar-refractivity contribution is 7.15. The van der Waals surface area contributed by atoms with E-state index >= 15 is 0 Å². The average Bonchev–Trinajstić information content (AvgIpc) is 3.36. The minimum atomic E-state index is -4.48. The molecule has 3 N–H and O–H groups in total. The Morgan fingerprint density at radius 1 is 1.06 bits per heavy atom. The largest absolute Gasteiger partial charge is 0.416 e. The van der Waals surface area contributed by atoms with Crippen molar-refractivity contribution in [1.29, 1.82) is 0 Å². The quantitative estimate of drug-likeness (QED) is 0.359. The zero-order chi connectivity index (χ0) is 25.2. The molecule has 0 unspecified atom stereocenters. The average molecular weight is 494 g/mol. The van der Waals surface area contributed by atoms with E-state index < -0.39 is 23.2 Å². The summed E-state index contributed by atoms with van der Waals surface area (Å²) in [6.45, 7) is 6.78. The number of halogens is 3. The Morgan fingerprint density at radius 3 is 2.21 bits per heavy atom. The third-order valence-electron chi connectivity index (χ3n) is 4.68. The van der Waals surface area contributed by atoms with Gasteiger partial charge in [-0.1, -0.05) is 0 Å². The summed E-state index contributed by atoms with van der Waals surface area (Å²) in [7, 11) is 0. The van der Waals surface area contributed by atoms with Gasteiger partial charge in [0.1, 0.15) is 0 Å². The predicted octanol–water partition coefficient (Wildman–Crippen LogP) is 3.85. The molecule has 0 saturated carbocycles. The van der Waals surface area contributed by atoms with Gasteiger partial charge in [0.25, 0.3) is 17.4 Å². The summed E-state index contributed by atoms with van der Waals surface area (Å²) in [5, 5.41) is 9.53. The third kappa shape index (κ3) is 5.45. The predicted molar refractivity (Wildman–Crippen MR) is 123 cm³/mol. The van der Waals surface area contributed by atoms with E-state index in [9.17, 15) is 27.6 Å². The van der Waals surface area contributed by atoms with Gasteiger partial charge >= 0.3 is 6.18 Å². The SMILES string of the molecule is CC(=NNC(=O)c1ccc(C(=O)NC(C)C)s1)c1c(C)[nH]n(-c2ccc(C(F)(F)F)cc2)c1=O. The molecule has 0 aliphatic heterocycles. The molecule has 2 amide bonds. The maximum atomic E-state index is 12.9. The fourth-order valence-electron chi connectivity index (χ4n) is 3.11. The monoisotopic (exact) mass is 493 g/mol. The first-order chi connectivity index (χ1) is 15.9. The Hall–Kier alpha value is -3.67. The van der Waals surface area contributed by atoms with E-state index in [1.54, 1.807) is 6.92 Å². The van der Waals surface area contributed by atoms with E-state index in [1.807, 2.05) is 13.8 Å². The van der Waals surface area contributed by atoms with Crippen LogP contribution in [0.3, 0.4) is 0 Å². The van der Waals surface area contributed by atoms with Crippen LogP contribution in [0.2, 0.25) is 0 Å². The molecule has 0 bridgehead atoms. The van der Waals surface area contributed by atoms with Gasteiger partial charge in [0.05, 0.1) is 32.3 Å². The van der Waals surface area contributed by atoms with Crippen molar-refractivity contribution in [2.45, 2.75) is 39.9 Å². The maximum Gasteiger partial charge on any atom is 0.416 e. The third-order valence-corrected chi connectivity index (χ3v) is 5.77. The number of H-pyrrole nitrogens is 1. The highest BCUT2D eigenvalue weighted by Crippen LogP contribution is 2.29. The van der Waals surface area contributed by atoms with Crippen molar-refractivity contribution in [1.82, 2.24) is 20.5 Å². The van der Waals surface area contributed by atoms with Crippen molar-refractivity contribution in [3.8, 4) is 5.69 Å². The fraction of sp³-hybridized carbons (Fsp3) is 0.273. The minimum absolute atomic E-state index is 0.0460. The summed E-state index contributed by atoms with van der Waals surface area (Å²) in [5.74, 6) is -0.838. The van der Waals surface area contributed by atoms with E-state index in [-0.39, 0.29) is 33.8 Å². The number of hydrogen-bond acceptors (Lipinski definition) is 5. The van der Waals surface area contributed by atoms with Gasteiger partial charge < -0.3 is 5.32 Å². The van der Waals surface area contributed by atoms with Crippen molar-refractivity contribution in [3.63, 3.8) is 0 Å². The van der Waals surface area contributed by atoms with Crippen molar-refractivity contribution < 1.29 is 22.8 Å². The number of nitrogens with zero attached hydrogens (tertiary/aromatic N) is 2. The Bertz CT molecular complexity index is 1300. The van der Waals surface area contributed by atoms with E-state index in [2.05, 4.69) is 20.9 Å². The van der Waals surface area contributed by atoms with Gasteiger partial charge in [-0.2, -0.15) is 18.3 Å². The number of nitrogens with one attached hydrogen (secondary N) is 3. The Balaban J connectivity index is 1.78. The topological polar surface area (TPSA) is 108 Å². The van der Waals surface area contributed by atoms with Crippen molar-refractivity contribution in [2.75, 3.05) is 0 Å². The molecule has 0 saturated heterocycles. The van der Waals surface area contributed by atoms with E-state index in [0.717, 1.165) is 28.2 Å². The molecule has 0 atom stereocenters. The second kappa shape index (κ2) is 9.67. The number of benzene rings is 1. The second-order valence-corrected chi connectivity index (χ2v) is 8.81. The Labute approximate surface area is 196 Å². The highest BCUT2D eigenvalue weighted by atomic mass is 32.1. The number of amides is 2. The number of aromatic nitrogens is 2. The van der Waals surface area contributed by atoms with Crippen LogP contribution in [0, 0.1) is 6.92 Å². The molecule has 3 aromatic rings. The van der Waals surface area contributed by atoms with Crippen LogP contribution in [0.1, 0.15) is 56.9 Å². The smallest absolute Gasteiger partial charge is 0.349 e. The number of thiophene rings is 1. The summed E-state index contributed by atoms with van der Waals surface area (Å²) in [4.78, 5) is 38.0. The molecule has 2 aromatic heterocycles. The maximum absolute atomic E-state index is 12.9. The zero-order valence-corrected chi connectivity index (χ0v) is 19.5. The molecule has 3 rings (SSSR count). The molecule has 8 nitrogen and oxygen atoms in total. The molecule has 0 aliphatic carbocycles.